The fraction of sp³-hybridized carbons (Fsp3) is 0.474. The Morgan fingerprint density at radius 3 is 2.46 bits per heavy atom. The quantitative estimate of drug-likeness (QED) is 0.870. The first-order chi connectivity index (χ1) is 11.8. The highest BCUT2D eigenvalue weighted by Crippen LogP contribution is 2.26. The molecule has 0 unspecified atom stereocenters. The fourth-order valence-corrected chi connectivity index (χ4v) is 3.08. The van der Waals surface area contributed by atoms with Crippen LogP contribution in [-0.4, -0.2) is 29.1 Å². The van der Waals surface area contributed by atoms with Gasteiger partial charge in [0, 0.05) is 36.7 Å². The van der Waals surface area contributed by atoms with Crippen molar-refractivity contribution in [3.8, 4) is 0 Å². The summed E-state index contributed by atoms with van der Waals surface area (Å²) < 4.78 is 0. The van der Waals surface area contributed by atoms with Crippen LogP contribution in [0.3, 0.4) is 0 Å². The molecule has 2 aromatic rings. The van der Waals surface area contributed by atoms with Crippen LogP contribution in [0.2, 0.25) is 0 Å². The number of piperidine rings is 1. The number of nitrogens with one attached hydrogen (secondary N) is 2. The summed E-state index contributed by atoms with van der Waals surface area (Å²) in [7, 11) is 0. The molecule has 1 saturated heterocycles. The third-order valence-corrected chi connectivity index (χ3v) is 4.85. The summed E-state index contributed by atoms with van der Waals surface area (Å²) in [4.78, 5) is 11.3. The Hall–Kier alpha value is -2.30. The number of rotatable bonds is 5. The molecule has 0 radical (unpaired) electrons. The topological polar surface area (TPSA) is 53.1 Å². The summed E-state index contributed by atoms with van der Waals surface area (Å²) >= 11 is 0. The minimum Gasteiger partial charge on any atom is -0.372 e. The first kappa shape index (κ1) is 15.2. The molecular formula is C19H25N5. The molecular weight excluding hydrogens is 298 g/mol. The summed E-state index contributed by atoms with van der Waals surface area (Å²) in [6, 6.07) is 11.1. The second kappa shape index (κ2) is 6.67. The van der Waals surface area contributed by atoms with Crippen molar-refractivity contribution in [2.45, 2.75) is 38.6 Å². The Bertz CT molecular complexity index is 672. The van der Waals surface area contributed by atoms with Crippen molar-refractivity contribution < 1.29 is 0 Å². The van der Waals surface area contributed by atoms with Gasteiger partial charge < -0.3 is 15.5 Å². The van der Waals surface area contributed by atoms with Crippen LogP contribution < -0.4 is 15.5 Å². The van der Waals surface area contributed by atoms with Crippen LogP contribution in [0, 0.1) is 5.92 Å². The molecule has 1 aliphatic carbocycles. The lowest BCUT2D eigenvalue weighted by Gasteiger charge is -2.32. The molecule has 0 bridgehead atoms. The number of hydrogen-bond donors (Lipinski definition) is 2. The molecule has 2 fully saturated rings. The summed E-state index contributed by atoms with van der Waals surface area (Å²) in [6.45, 7) is 4.67. The van der Waals surface area contributed by atoms with Gasteiger partial charge in [0.15, 0.2) is 0 Å². The van der Waals surface area contributed by atoms with E-state index in [1.807, 2.05) is 6.07 Å². The Balaban J connectivity index is 1.39. The maximum Gasteiger partial charge on any atom is 0.224 e. The molecule has 5 heteroatoms. The molecule has 1 aliphatic heterocycles. The molecule has 24 heavy (non-hydrogen) atoms. The molecule has 126 valence electrons. The SMILES string of the molecule is CC1CCN(c2ccc(Nc3ccnc(NC4CC4)n3)cc2)CC1. The predicted molar refractivity (Wildman–Crippen MR) is 99.0 cm³/mol. The van der Waals surface area contributed by atoms with Crippen LogP contribution in [-0.2, 0) is 0 Å². The minimum absolute atomic E-state index is 0.562. The van der Waals surface area contributed by atoms with Crippen LogP contribution in [0.25, 0.3) is 0 Å². The lowest BCUT2D eigenvalue weighted by atomic mass is 9.99. The number of aromatic nitrogens is 2. The zero-order valence-corrected chi connectivity index (χ0v) is 14.2. The van der Waals surface area contributed by atoms with E-state index in [1.54, 1.807) is 6.20 Å². The van der Waals surface area contributed by atoms with Crippen LogP contribution in [0.5, 0.6) is 0 Å². The van der Waals surface area contributed by atoms with Gasteiger partial charge in [0.1, 0.15) is 5.82 Å². The van der Waals surface area contributed by atoms with Gasteiger partial charge in [-0.15, -0.1) is 0 Å². The highest BCUT2D eigenvalue weighted by molar-refractivity contribution is 5.61. The number of nitrogens with zero attached hydrogens (tertiary/aromatic N) is 3. The second-order valence-corrected chi connectivity index (χ2v) is 7.03. The van der Waals surface area contributed by atoms with Gasteiger partial charge in [0.2, 0.25) is 5.95 Å². The minimum atomic E-state index is 0.562. The third kappa shape index (κ3) is 3.78. The molecule has 5 nitrogen and oxygen atoms in total. The summed E-state index contributed by atoms with van der Waals surface area (Å²) in [5, 5.41) is 6.69. The van der Waals surface area contributed by atoms with Gasteiger partial charge in [-0.25, -0.2) is 4.98 Å². The van der Waals surface area contributed by atoms with E-state index in [0.717, 1.165) is 30.5 Å². The molecule has 2 N–H and O–H groups in total. The molecule has 1 aromatic carbocycles. The maximum atomic E-state index is 4.53. The summed E-state index contributed by atoms with van der Waals surface area (Å²) in [5.41, 5.74) is 2.37. The Morgan fingerprint density at radius 2 is 1.75 bits per heavy atom. The van der Waals surface area contributed by atoms with E-state index in [-0.39, 0.29) is 0 Å². The van der Waals surface area contributed by atoms with E-state index >= 15 is 0 Å². The maximum absolute atomic E-state index is 4.53. The lowest BCUT2D eigenvalue weighted by Crippen LogP contribution is -2.32. The molecule has 0 atom stereocenters. The highest BCUT2D eigenvalue weighted by atomic mass is 15.2. The van der Waals surface area contributed by atoms with Gasteiger partial charge in [-0.1, -0.05) is 6.92 Å². The highest BCUT2D eigenvalue weighted by Gasteiger charge is 2.21. The summed E-state index contributed by atoms with van der Waals surface area (Å²) in [6.07, 6.45) is 6.81. The van der Waals surface area contributed by atoms with E-state index in [0.29, 0.717) is 12.0 Å². The smallest absolute Gasteiger partial charge is 0.224 e. The van der Waals surface area contributed by atoms with Gasteiger partial charge in [-0.05, 0) is 61.9 Å². The summed E-state index contributed by atoms with van der Waals surface area (Å²) in [5.74, 6) is 2.40. The Morgan fingerprint density at radius 1 is 1.00 bits per heavy atom. The van der Waals surface area contributed by atoms with Gasteiger partial charge in [0.25, 0.3) is 0 Å². The fourth-order valence-electron chi connectivity index (χ4n) is 3.08. The van der Waals surface area contributed by atoms with Gasteiger partial charge in [-0.2, -0.15) is 4.98 Å². The largest absolute Gasteiger partial charge is 0.372 e. The van der Waals surface area contributed by atoms with Crippen LogP contribution in [0.1, 0.15) is 32.6 Å². The Labute approximate surface area is 143 Å². The predicted octanol–water partition coefficient (Wildman–Crippen LogP) is 4.03. The number of hydrogen-bond acceptors (Lipinski definition) is 5. The average molecular weight is 323 g/mol. The number of anilines is 4. The van der Waals surface area contributed by atoms with Gasteiger partial charge in [-0.3, -0.25) is 0 Å². The average Bonchev–Trinajstić information content (AvgIpc) is 3.41. The second-order valence-electron chi connectivity index (χ2n) is 7.03. The molecule has 4 rings (SSSR count). The molecule has 0 spiro atoms. The van der Waals surface area contributed by atoms with E-state index in [9.17, 15) is 0 Å². The van der Waals surface area contributed by atoms with Gasteiger partial charge in [0.05, 0.1) is 0 Å². The molecule has 0 amide bonds. The van der Waals surface area contributed by atoms with Crippen molar-refractivity contribution in [3.05, 3.63) is 36.5 Å². The van der Waals surface area contributed by atoms with Crippen molar-refractivity contribution in [1.82, 2.24) is 9.97 Å². The van der Waals surface area contributed by atoms with Crippen molar-refractivity contribution in [2.24, 2.45) is 5.92 Å². The standard InChI is InChI=1S/C19H25N5/c1-14-9-12-24(13-10-14)17-6-4-15(5-7-17)21-18-8-11-20-19(23-18)22-16-2-3-16/h4-8,11,14,16H,2-3,9-10,12-13H2,1H3,(H2,20,21,22,23). The molecule has 1 saturated carbocycles. The van der Waals surface area contributed by atoms with Crippen molar-refractivity contribution in [1.29, 1.82) is 0 Å². The Kier molecular flexibility index (Phi) is 4.24. The van der Waals surface area contributed by atoms with Crippen molar-refractivity contribution >= 4 is 23.1 Å². The van der Waals surface area contributed by atoms with Crippen molar-refractivity contribution in [2.75, 3.05) is 28.6 Å². The zero-order valence-electron chi connectivity index (χ0n) is 14.2. The molecule has 1 aromatic heterocycles. The van der Waals surface area contributed by atoms with E-state index in [1.165, 1.54) is 31.4 Å². The van der Waals surface area contributed by atoms with Crippen LogP contribution in [0.15, 0.2) is 36.5 Å². The number of benzene rings is 1. The van der Waals surface area contributed by atoms with Crippen LogP contribution >= 0.6 is 0 Å². The van der Waals surface area contributed by atoms with E-state index in [4.69, 9.17) is 0 Å². The van der Waals surface area contributed by atoms with Gasteiger partial charge >= 0.3 is 0 Å². The first-order valence-electron chi connectivity index (χ1n) is 8.98. The third-order valence-electron chi connectivity index (χ3n) is 4.85. The first-order valence-corrected chi connectivity index (χ1v) is 8.98. The zero-order chi connectivity index (χ0) is 16.4. The van der Waals surface area contributed by atoms with E-state index in [2.05, 4.69) is 56.7 Å². The molecule has 2 aliphatic rings. The van der Waals surface area contributed by atoms with Crippen LogP contribution in [0.4, 0.5) is 23.1 Å². The normalized spacial score (nSPS) is 18.5. The lowest BCUT2D eigenvalue weighted by molar-refractivity contribution is 0.438. The van der Waals surface area contributed by atoms with Crippen molar-refractivity contribution in [3.63, 3.8) is 0 Å². The molecule has 2 heterocycles. The monoisotopic (exact) mass is 323 g/mol. The van der Waals surface area contributed by atoms with E-state index < -0.39 is 0 Å².